The van der Waals surface area contributed by atoms with Gasteiger partial charge < -0.3 is 13.8 Å². The van der Waals surface area contributed by atoms with E-state index in [0.717, 1.165) is 10.4 Å². The molecule has 3 heterocycles. The molecular formula is C15H14N2O3S. The minimum absolute atomic E-state index is 0.151. The van der Waals surface area contributed by atoms with Crippen molar-refractivity contribution in [2.24, 2.45) is 0 Å². The molecule has 0 N–H and O–H groups in total. The molecule has 5 nitrogen and oxygen atoms in total. The lowest BCUT2D eigenvalue weighted by Gasteiger charge is -2.20. The normalized spacial score (nSPS) is 10.7. The molecule has 108 valence electrons. The highest BCUT2D eigenvalue weighted by Crippen LogP contribution is 2.17. The van der Waals surface area contributed by atoms with Gasteiger partial charge in [0.1, 0.15) is 5.76 Å². The molecule has 0 unspecified atom stereocenters. The minimum Gasteiger partial charge on any atom is -0.472 e. The first-order valence-electron chi connectivity index (χ1n) is 6.48. The molecule has 1 amide bonds. The van der Waals surface area contributed by atoms with E-state index in [-0.39, 0.29) is 5.91 Å². The van der Waals surface area contributed by atoms with Gasteiger partial charge in [-0.3, -0.25) is 4.79 Å². The van der Waals surface area contributed by atoms with Crippen molar-refractivity contribution in [2.45, 2.75) is 20.0 Å². The molecule has 0 bridgehead atoms. The molecule has 0 radical (unpaired) electrons. The summed E-state index contributed by atoms with van der Waals surface area (Å²) in [5.41, 5.74) is 1.27. The van der Waals surface area contributed by atoms with Crippen LogP contribution in [0.15, 0.2) is 51.1 Å². The van der Waals surface area contributed by atoms with Crippen LogP contribution in [0.2, 0.25) is 0 Å². The SMILES string of the molecule is Cc1cc(C(=O)N(Cc2ccoc2)Cc2cccs2)no1. The van der Waals surface area contributed by atoms with Crippen LogP contribution in [0.5, 0.6) is 0 Å². The highest BCUT2D eigenvalue weighted by atomic mass is 32.1. The van der Waals surface area contributed by atoms with Crippen LogP contribution >= 0.6 is 11.3 Å². The van der Waals surface area contributed by atoms with E-state index >= 15 is 0 Å². The lowest BCUT2D eigenvalue weighted by atomic mass is 10.2. The molecule has 3 aromatic rings. The first-order valence-corrected chi connectivity index (χ1v) is 7.36. The molecule has 0 fully saturated rings. The highest BCUT2D eigenvalue weighted by Gasteiger charge is 2.20. The molecule has 0 aliphatic carbocycles. The number of aromatic nitrogens is 1. The van der Waals surface area contributed by atoms with Gasteiger partial charge >= 0.3 is 0 Å². The Kier molecular flexibility index (Phi) is 3.87. The van der Waals surface area contributed by atoms with E-state index in [9.17, 15) is 4.79 Å². The number of thiophene rings is 1. The fraction of sp³-hybridized carbons (Fsp3) is 0.200. The van der Waals surface area contributed by atoms with Crippen LogP contribution in [0.3, 0.4) is 0 Å². The highest BCUT2D eigenvalue weighted by molar-refractivity contribution is 7.09. The summed E-state index contributed by atoms with van der Waals surface area (Å²) in [5.74, 6) is 0.471. The molecule has 0 saturated heterocycles. The number of hydrogen-bond donors (Lipinski definition) is 0. The van der Waals surface area contributed by atoms with Gasteiger partial charge in [0.2, 0.25) is 0 Å². The van der Waals surface area contributed by atoms with Gasteiger partial charge in [0.25, 0.3) is 5.91 Å². The zero-order chi connectivity index (χ0) is 14.7. The Morgan fingerprint density at radius 1 is 1.38 bits per heavy atom. The van der Waals surface area contributed by atoms with Crippen molar-refractivity contribution in [3.63, 3.8) is 0 Å². The van der Waals surface area contributed by atoms with Crippen molar-refractivity contribution in [3.8, 4) is 0 Å². The summed E-state index contributed by atoms with van der Waals surface area (Å²) in [6, 6.07) is 7.48. The number of nitrogens with zero attached hydrogens (tertiary/aromatic N) is 2. The molecule has 6 heteroatoms. The molecule has 0 aliphatic heterocycles. The second-order valence-electron chi connectivity index (χ2n) is 4.69. The third-order valence-electron chi connectivity index (χ3n) is 3.01. The summed E-state index contributed by atoms with van der Waals surface area (Å²) in [4.78, 5) is 15.4. The molecule has 3 aromatic heterocycles. The maximum absolute atomic E-state index is 12.6. The van der Waals surface area contributed by atoms with Gasteiger partial charge in [0.05, 0.1) is 19.1 Å². The summed E-state index contributed by atoms with van der Waals surface area (Å²) in [6.07, 6.45) is 3.24. The Balaban J connectivity index is 1.82. The molecule has 0 aliphatic rings. The van der Waals surface area contributed by atoms with E-state index in [2.05, 4.69) is 5.16 Å². The predicted molar refractivity (Wildman–Crippen MR) is 77.8 cm³/mol. The topological polar surface area (TPSA) is 59.5 Å². The zero-order valence-electron chi connectivity index (χ0n) is 11.5. The molecule has 0 atom stereocenters. The summed E-state index contributed by atoms with van der Waals surface area (Å²) >= 11 is 1.62. The Morgan fingerprint density at radius 2 is 2.29 bits per heavy atom. The van der Waals surface area contributed by atoms with Crippen LogP contribution in [0.1, 0.15) is 26.7 Å². The average molecular weight is 302 g/mol. The first-order chi connectivity index (χ1) is 10.2. The van der Waals surface area contributed by atoms with Crippen molar-refractivity contribution >= 4 is 17.2 Å². The van der Waals surface area contributed by atoms with Gasteiger partial charge in [-0.1, -0.05) is 11.2 Å². The lowest BCUT2D eigenvalue weighted by molar-refractivity contribution is 0.0721. The molecule has 0 aromatic carbocycles. The molecule has 0 spiro atoms. The molecular weight excluding hydrogens is 288 g/mol. The number of amides is 1. The third-order valence-corrected chi connectivity index (χ3v) is 3.88. The van der Waals surface area contributed by atoms with Gasteiger partial charge in [-0.05, 0) is 24.4 Å². The smallest absolute Gasteiger partial charge is 0.276 e. The molecule has 3 rings (SSSR count). The second-order valence-corrected chi connectivity index (χ2v) is 5.73. The van der Waals surface area contributed by atoms with Crippen LogP contribution in [0.4, 0.5) is 0 Å². The lowest BCUT2D eigenvalue weighted by Crippen LogP contribution is -2.29. The number of rotatable bonds is 5. The summed E-state index contributed by atoms with van der Waals surface area (Å²) in [7, 11) is 0. The van der Waals surface area contributed by atoms with Gasteiger partial charge in [0, 0.05) is 23.1 Å². The van der Waals surface area contributed by atoms with Gasteiger partial charge in [-0.25, -0.2) is 0 Å². The van der Waals surface area contributed by atoms with Crippen LogP contribution in [-0.4, -0.2) is 16.0 Å². The zero-order valence-corrected chi connectivity index (χ0v) is 12.3. The van der Waals surface area contributed by atoms with E-state index in [4.69, 9.17) is 8.94 Å². The van der Waals surface area contributed by atoms with Gasteiger partial charge in [-0.2, -0.15) is 0 Å². The molecule has 21 heavy (non-hydrogen) atoms. The van der Waals surface area contributed by atoms with Gasteiger partial charge in [-0.15, -0.1) is 11.3 Å². The number of carbonyl (C=O) groups excluding carboxylic acids is 1. The Hall–Kier alpha value is -2.34. The second kappa shape index (κ2) is 5.97. The van der Waals surface area contributed by atoms with Crippen molar-refractivity contribution in [1.29, 1.82) is 0 Å². The summed E-state index contributed by atoms with van der Waals surface area (Å²) in [5, 5.41) is 5.81. The van der Waals surface area contributed by atoms with Crippen LogP contribution in [-0.2, 0) is 13.1 Å². The van der Waals surface area contributed by atoms with Gasteiger partial charge in [0.15, 0.2) is 5.69 Å². The van der Waals surface area contributed by atoms with Crippen molar-refractivity contribution < 1.29 is 13.7 Å². The quantitative estimate of drug-likeness (QED) is 0.724. The number of hydrogen-bond acceptors (Lipinski definition) is 5. The average Bonchev–Trinajstić information content (AvgIpc) is 3.19. The Morgan fingerprint density at radius 3 is 2.90 bits per heavy atom. The van der Waals surface area contributed by atoms with E-state index in [1.807, 2.05) is 23.6 Å². The van der Waals surface area contributed by atoms with E-state index in [1.165, 1.54) is 0 Å². The first kappa shape index (κ1) is 13.6. The standard InChI is InChI=1S/C15H14N2O3S/c1-11-7-14(16-20-11)15(18)17(8-12-4-5-19-10-12)9-13-3-2-6-21-13/h2-7,10H,8-9H2,1H3. The van der Waals surface area contributed by atoms with Crippen molar-refractivity contribution in [2.75, 3.05) is 0 Å². The largest absolute Gasteiger partial charge is 0.472 e. The van der Waals surface area contributed by atoms with Crippen molar-refractivity contribution in [1.82, 2.24) is 10.1 Å². The Labute approximate surface area is 125 Å². The monoisotopic (exact) mass is 302 g/mol. The number of carbonyl (C=O) groups is 1. The van der Waals surface area contributed by atoms with Crippen LogP contribution < -0.4 is 0 Å². The van der Waals surface area contributed by atoms with Crippen LogP contribution in [0, 0.1) is 6.92 Å². The summed E-state index contributed by atoms with van der Waals surface area (Å²) in [6.45, 7) is 2.77. The molecule has 0 saturated carbocycles. The fourth-order valence-corrected chi connectivity index (χ4v) is 2.74. The van der Waals surface area contributed by atoms with Crippen molar-refractivity contribution in [3.05, 3.63) is 64.1 Å². The summed E-state index contributed by atoms with van der Waals surface area (Å²) < 4.78 is 10.1. The maximum atomic E-state index is 12.6. The maximum Gasteiger partial charge on any atom is 0.276 e. The fourth-order valence-electron chi connectivity index (χ4n) is 2.02. The Bertz CT molecular complexity index is 665. The number of furan rings is 1. The predicted octanol–water partition coefficient (Wildman–Crippen LogP) is 3.48. The van der Waals surface area contributed by atoms with E-state index < -0.39 is 0 Å². The third kappa shape index (κ3) is 3.22. The van der Waals surface area contributed by atoms with E-state index in [0.29, 0.717) is 24.5 Å². The van der Waals surface area contributed by atoms with Crippen LogP contribution in [0.25, 0.3) is 0 Å². The number of aryl methyl sites for hydroxylation is 1. The minimum atomic E-state index is -0.151. The van der Waals surface area contributed by atoms with E-state index in [1.54, 1.807) is 41.8 Å².